The van der Waals surface area contributed by atoms with Gasteiger partial charge in [-0.1, -0.05) is 13.0 Å². The highest BCUT2D eigenvalue weighted by molar-refractivity contribution is 5.80. The monoisotopic (exact) mass is 349 g/mol. The van der Waals surface area contributed by atoms with E-state index in [0.717, 1.165) is 49.2 Å². The summed E-state index contributed by atoms with van der Waals surface area (Å²) in [5, 5.41) is 3.47. The standard InChI is InChI=1S/C19H31N3O3/c1-14-9-12-22(13-10-14)19(20-2)21-11-8-15-6-7-16(23-3)18(25-5)17(15)24-4/h6-7,14H,8-13H2,1-5H3,(H,20,21). The molecule has 1 aromatic rings. The lowest BCUT2D eigenvalue weighted by molar-refractivity contribution is 0.273. The Morgan fingerprint density at radius 2 is 1.80 bits per heavy atom. The van der Waals surface area contributed by atoms with Crippen molar-refractivity contribution in [2.24, 2.45) is 10.9 Å². The van der Waals surface area contributed by atoms with Crippen LogP contribution in [0.4, 0.5) is 0 Å². The third kappa shape index (κ3) is 4.71. The zero-order chi connectivity index (χ0) is 18.2. The number of guanidine groups is 1. The fourth-order valence-electron chi connectivity index (χ4n) is 3.22. The van der Waals surface area contributed by atoms with Gasteiger partial charge in [0.05, 0.1) is 21.3 Å². The Morgan fingerprint density at radius 3 is 2.36 bits per heavy atom. The molecule has 0 saturated carbocycles. The Balaban J connectivity index is 1.99. The quantitative estimate of drug-likeness (QED) is 0.632. The van der Waals surface area contributed by atoms with Crippen molar-refractivity contribution in [2.75, 3.05) is 48.0 Å². The maximum absolute atomic E-state index is 5.55. The Hall–Kier alpha value is -2.11. The largest absolute Gasteiger partial charge is 0.493 e. The number of hydrogen-bond donors (Lipinski definition) is 1. The van der Waals surface area contributed by atoms with Gasteiger partial charge in [0.15, 0.2) is 17.5 Å². The molecule has 1 saturated heterocycles. The van der Waals surface area contributed by atoms with Crippen molar-refractivity contribution < 1.29 is 14.2 Å². The highest BCUT2D eigenvalue weighted by Gasteiger charge is 2.19. The van der Waals surface area contributed by atoms with Gasteiger partial charge in [-0.2, -0.15) is 0 Å². The Morgan fingerprint density at radius 1 is 1.12 bits per heavy atom. The smallest absolute Gasteiger partial charge is 0.203 e. The molecule has 1 fully saturated rings. The summed E-state index contributed by atoms with van der Waals surface area (Å²) in [5.74, 6) is 3.83. The molecule has 0 amide bonds. The highest BCUT2D eigenvalue weighted by atomic mass is 16.5. The first-order valence-electron chi connectivity index (χ1n) is 8.88. The van der Waals surface area contributed by atoms with E-state index in [2.05, 4.69) is 22.1 Å². The number of ether oxygens (including phenoxy) is 3. The van der Waals surface area contributed by atoms with Gasteiger partial charge in [-0.05, 0) is 31.2 Å². The van der Waals surface area contributed by atoms with Gasteiger partial charge in [-0.25, -0.2) is 0 Å². The average molecular weight is 349 g/mol. The summed E-state index contributed by atoms with van der Waals surface area (Å²) >= 11 is 0. The summed E-state index contributed by atoms with van der Waals surface area (Å²) in [4.78, 5) is 6.77. The maximum Gasteiger partial charge on any atom is 0.203 e. The number of piperidine rings is 1. The topological polar surface area (TPSA) is 55.3 Å². The third-order valence-electron chi connectivity index (χ3n) is 4.76. The molecule has 1 aromatic carbocycles. The molecule has 0 aromatic heterocycles. The molecule has 1 aliphatic heterocycles. The first-order chi connectivity index (χ1) is 12.1. The second-order valence-corrected chi connectivity index (χ2v) is 6.39. The van der Waals surface area contributed by atoms with Gasteiger partial charge >= 0.3 is 0 Å². The summed E-state index contributed by atoms with van der Waals surface area (Å²) in [6.45, 7) is 5.24. The van der Waals surface area contributed by atoms with Gasteiger partial charge in [0.2, 0.25) is 5.75 Å². The fraction of sp³-hybridized carbons (Fsp3) is 0.632. The van der Waals surface area contributed by atoms with E-state index in [1.165, 1.54) is 12.8 Å². The van der Waals surface area contributed by atoms with Crippen molar-refractivity contribution in [1.82, 2.24) is 10.2 Å². The Bertz CT molecular complexity index is 582. The molecule has 6 heteroatoms. The van der Waals surface area contributed by atoms with E-state index >= 15 is 0 Å². The minimum absolute atomic E-state index is 0.636. The molecule has 6 nitrogen and oxygen atoms in total. The summed E-state index contributed by atoms with van der Waals surface area (Å²) in [6.07, 6.45) is 3.27. The molecule has 140 valence electrons. The first kappa shape index (κ1) is 19.2. The van der Waals surface area contributed by atoms with Crippen LogP contribution in [0.25, 0.3) is 0 Å². The van der Waals surface area contributed by atoms with E-state index in [9.17, 15) is 0 Å². The molecular weight excluding hydrogens is 318 g/mol. The molecule has 0 atom stereocenters. The second-order valence-electron chi connectivity index (χ2n) is 6.39. The van der Waals surface area contributed by atoms with Crippen molar-refractivity contribution in [3.05, 3.63) is 17.7 Å². The van der Waals surface area contributed by atoms with Crippen LogP contribution in [-0.2, 0) is 6.42 Å². The molecule has 0 bridgehead atoms. The number of hydrogen-bond acceptors (Lipinski definition) is 4. The normalized spacial score (nSPS) is 15.9. The molecule has 1 heterocycles. The lowest BCUT2D eigenvalue weighted by atomic mass is 9.99. The molecule has 0 radical (unpaired) electrons. The van der Waals surface area contributed by atoms with Crippen LogP contribution in [0.15, 0.2) is 17.1 Å². The number of benzene rings is 1. The van der Waals surface area contributed by atoms with Gasteiger partial charge in [0, 0.05) is 32.2 Å². The predicted octanol–water partition coefficient (Wildman–Crippen LogP) is 2.56. The van der Waals surface area contributed by atoms with Crippen molar-refractivity contribution >= 4 is 5.96 Å². The van der Waals surface area contributed by atoms with Gasteiger partial charge < -0.3 is 24.4 Å². The van der Waals surface area contributed by atoms with Crippen molar-refractivity contribution in [2.45, 2.75) is 26.2 Å². The van der Waals surface area contributed by atoms with Crippen molar-refractivity contribution in [3.8, 4) is 17.2 Å². The van der Waals surface area contributed by atoms with Crippen LogP contribution in [0, 0.1) is 5.92 Å². The molecular formula is C19H31N3O3. The second kappa shape index (κ2) is 9.39. The van der Waals surface area contributed by atoms with Crippen LogP contribution in [0.1, 0.15) is 25.3 Å². The van der Waals surface area contributed by atoms with Gasteiger partial charge in [0.25, 0.3) is 0 Å². The SMILES string of the molecule is CN=C(NCCc1ccc(OC)c(OC)c1OC)N1CCC(C)CC1. The number of aliphatic imine (C=N–C) groups is 1. The van der Waals surface area contributed by atoms with E-state index in [1.807, 2.05) is 19.2 Å². The molecule has 0 unspecified atom stereocenters. The number of nitrogens with one attached hydrogen (secondary N) is 1. The van der Waals surface area contributed by atoms with E-state index in [0.29, 0.717) is 11.5 Å². The maximum atomic E-state index is 5.55. The summed E-state index contributed by atoms with van der Waals surface area (Å²) in [6, 6.07) is 3.94. The Kier molecular flexibility index (Phi) is 7.22. The lowest BCUT2D eigenvalue weighted by Crippen LogP contribution is -2.45. The van der Waals surface area contributed by atoms with Crippen LogP contribution in [0.3, 0.4) is 0 Å². The molecule has 1 N–H and O–H groups in total. The first-order valence-corrected chi connectivity index (χ1v) is 8.88. The van der Waals surface area contributed by atoms with Gasteiger partial charge in [-0.3, -0.25) is 4.99 Å². The summed E-state index contributed by atoms with van der Waals surface area (Å²) in [7, 11) is 6.75. The van der Waals surface area contributed by atoms with Crippen LogP contribution in [-0.4, -0.2) is 58.9 Å². The number of methoxy groups -OCH3 is 3. The number of likely N-dealkylation sites (tertiary alicyclic amines) is 1. The van der Waals surface area contributed by atoms with Gasteiger partial charge in [0.1, 0.15) is 0 Å². The van der Waals surface area contributed by atoms with E-state index in [1.54, 1.807) is 21.3 Å². The number of nitrogens with zero attached hydrogens (tertiary/aromatic N) is 2. The minimum atomic E-state index is 0.636. The fourth-order valence-corrected chi connectivity index (χ4v) is 3.22. The van der Waals surface area contributed by atoms with Gasteiger partial charge in [-0.15, -0.1) is 0 Å². The lowest BCUT2D eigenvalue weighted by Gasteiger charge is -2.33. The molecule has 2 rings (SSSR count). The zero-order valence-corrected chi connectivity index (χ0v) is 16.1. The molecule has 0 spiro atoms. The molecule has 1 aliphatic rings. The number of rotatable bonds is 6. The van der Waals surface area contributed by atoms with E-state index in [-0.39, 0.29) is 0 Å². The van der Waals surface area contributed by atoms with Crippen LogP contribution < -0.4 is 19.5 Å². The van der Waals surface area contributed by atoms with Crippen LogP contribution in [0.5, 0.6) is 17.2 Å². The summed E-state index contributed by atoms with van der Waals surface area (Å²) in [5.41, 5.74) is 1.08. The Labute approximate surface area is 151 Å². The van der Waals surface area contributed by atoms with Crippen molar-refractivity contribution in [3.63, 3.8) is 0 Å². The van der Waals surface area contributed by atoms with E-state index < -0.39 is 0 Å². The summed E-state index contributed by atoms with van der Waals surface area (Å²) < 4.78 is 16.3. The van der Waals surface area contributed by atoms with Crippen LogP contribution >= 0.6 is 0 Å². The van der Waals surface area contributed by atoms with Crippen LogP contribution in [0.2, 0.25) is 0 Å². The molecule has 25 heavy (non-hydrogen) atoms. The predicted molar refractivity (Wildman–Crippen MR) is 101 cm³/mol. The minimum Gasteiger partial charge on any atom is -0.493 e. The third-order valence-corrected chi connectivity index (χ3v) is 4.76. The zero-order valence-electron chi connectivity index (χ0n) is 16.1. The average Bonchev–Trinajstić information content (AvgIpc) is 2.65. The highest BCUT2D eigenvalue weighted by Crippen LogP contribution is 2.39. The van der Waals surface area contributed by atoms with E-state index in [4.69, 9.17) is 14.2 Å². The van der Waals surface area contributed by atoms with Crippen molar-refractivity contribution in [1.29, 1.82) is 0 Å². The molecule has 0 aliphatic carbocycles.